The lowest BCUT2D eigenvalue weighted by Gasteiger charge is -2.49. The summed E-state index contributed by atoms with van der Waals surface area (Å²) in [6.45, 7) is 0. The summed E-state index contributed by atoms with van der Waals surface area (Å²) in [7, 11) is 0. The topological polar surface area (TPSA) is 20.3 Å². The number of benzene rings is 2. The van der Waals surface area contributed by atoms with Crippen LogP contribution in [0.4, 0.5) is 5.69 Å². The molecular formula is C15H11Cl2NO. The third kappa shape index (κ3) is 1.92. The lowest BCUT2D eigenvalue weighted by molar-refractivity contribution is -0.125. The number of carbonyl (C=O) groups is 1. The summed E-state index contributed by atoms with van der Waals surface area (Å²) in [5.41, 5.74) is 1.73. The third-order valence-electron chi connectivity index (χ3n) is 3.26. The number of anilines is 1. The fraction of sp³-hybridized carbons (Fsp3) is 0.133. The Kier molecular flexibility index (Phi) is 3.00. The van der Waals surface area contributed by atoms with E-state index in [4.69, 9.17) is 23.2 Å². The molecule has 1 saturated heterocycles. The summed E-state index contributed by atoms with van der Waals surface area (Å²) in [6, 6.07) is 18.6. The van der Waals surface area contributed by atoms with Gasteiger partial charge in [-0.15, -0.1) is 0 Å². The number of β-lactam (4-membered cyclic amide) rings is 1. The second kappa shape index (κ2) is 4.55. The van der Waals surface area contributed by atoms with Gasteiger partial charge in [-0.2, -0.15) is 0 Å². The van der Waals surface area contributed by atoms with Crippen LogP contribution in [0.5, 0.6) is 0 Å². The molecule has 0 radical (unpaired) electrons. The highest BCUT2D eigenvalue weighted by Gasteiger charge is 2.60. The summed E-state index contributed by atoms with van der Waals surface area (Å²) >= 11 is 12.3. The minimum Gasteiger partial charge on any atom is -0.299 e. The molecule has 1 heterocycles. The number of carbonyl (C=O) groups excluding carboxylic acids is 1. The molecule has 2 aromatic rings. The second-order valence-electron chi connectivity index (χ2n) is 4.45. The molecule has 96 valence electrons. The maximum absolute atomic E-state index is 12.1. The summed E-state index contributed by atoms with van der Waals surface area (Å²) in [4.78, 5) is 13.8. The SMILES string of the molecule is O=C1N(c2ccccc2)C(c2ccccc2)C1(Cl)Cl. The molecule has 19 heavy (non-hydrogen) atoms. The quantitative estimate of drug-likeness (QED) is 0.606. The predicted octanol–water partition coefficient (Wildman–Crippen LogP) is 3.95. The predicted molar refractivity (Wildman–Crippen MR) is 77.5 cm³/mol. The molecule has 0 aromatic heterocycles. The number of para-hydroxylation sites is 1. The molecule has 1 atom stereocenters. The van der Waals surface area contributed by atoms with Gasteiger partial charge in [0, 0.05) is 5.69 Å². The molecule has 1 aliphatic rings. The van der Waals surface area contributed by atoms with Gasteiger partial charge in [0.05, 0.1) is 0 Å². The average molecular weight is 292 g/mol. The van der Waals surface area contributed by atoms with Gasteiger partial charge in [0.1, 0.15) is 6.04 Å². The van der Waals surface area contributed by atoms with Crippen molar-refractivity contribution in [3.05, 3.63) is 66.2 Å². The molecule has 0 spiro atoms. The highest BCUT2D eigenvalue weighted by Crippen LogP contribution is 2.52. The first-order chi connectivity index (χ1) is 9.12. The summed E-state index contributed by atoms with van der Waals surface area (Å²) in [6.07, 6.45) is 0. The van der Waals surface area contributed by atoms with E-state index in [1.165, 1.54) is 0 Å². The van der Waals surface area contributed by atoms with Crippen LogP contribution in [0.2, 0.25) is 0 Å². The zero-order chi connectivity index (χ0) is 13.5. The van der Waals surface area contributed by atoms with Gasteiger partial charge in [-0.05, 0) is 17.7 Å². The summed E-state index contributed by atoms with van der Waals surface area (Å²) in [5.74, 6) is -0.282. The highest BCUT2D eigenvalue weighted by molar-refractivity contribution is 6.62. The Morgan fingerprint density at radius 3 is 2.00 bits per heavy atom. The minimum atomic E-state index is -1.39. The molecule has 3 rings (SSSR count). The molecule has 0 saturated carbocycles. The van der Waals surface area contributed by atoms with Crippen LogP contribution in [0.15, 0.2) is 60.7 Å². The van der Waals surface area contributed by atoms with E-state index in [1.807, 2.05) is 60.7 Å². The van der Waals surface area contributed by atoms with Crippen LogP contribution in [0.1, 0.15) is 11.6 Å². The van der Waals surface area contributed by atoms with Crippen molar-refractivity contribution in [3.8, 4) is 0 Å². The summed E-state index contributed by atoms with van der Waals surface area (Å²) < 4.78 is -1.39. The van der Waals surface area contributed by atoms with Crippen molar-refractivity contribution >= 4 is 34.8 Å². The number of alkyl halides is 2. The number of hydrogen-bond donors (Lipinski definition) is 0. The van der Waals surface area contributed by atoms with E-state index in [0.717, 1.165) is 11.3 Å². The number of halogens is 2. The Bertz CT molecular complexity index is 598. The Morgan fingerprint density at radius 1 is 0.895 bits per heavy atom. The first kappa shape index (κ1) is 12.5. The number of rotatable bonds is 2. The van der Waals surface area contributed by atoms with Crippen molar-refractivity contribution in [2.45, 2.75) is 10.4 Å². The molecule has 2 nitrogen and oxygen atoms in total. The van der Waals surface area contributed by atoms with Crippen LogP contribution in [0.3, 0.4) is 0 Å². The van der Waals surface area contributed by atoms with E-state index in [2.05, 4.69) is 0 Å². The molecule has 1 aliphatic heterocycles. The largest absolute Gasteiger partial charge is 0.299 e. The van der Waals surface area contributed by atoms with Crippen LogP contribution >= 0.6 is 23.2 Å². The van der Waals surface area contributed by atoms with Crippen LogP contribution in [-0.4, -0.2) is 10.2 Å². The molecule has 1 unspecified atom stereocenters. The molecule has 0 bridgehead atoms. The van der Waals surface area contributed by atoms with Gasteiger partial charge in [0.2, 0.25) is 4.33 Å². The minimum absolute atomic E-state index is 0.282. The van der Waals surface area contributed by atoms with Gasteiger partial charge in [-0.1, -0.05) is 71.7 Å². The van der Waals surface area contributed by atoms with Gasteiger partial charge in [0.25, 0.3) is 5.91 Å². The number of nitrogens with zero attached hydrogens (tertiary/aromatic N) is 1. The Morgan fingerprint density at radius 2 is 1.42 bits per heavy atom. The maximum atomic E-state index is 12.1. The van der Waals surface area contributed by atoms with Crippen molar-refractivity contribution < 1.29 is 4.79 Å². The number of hydrogen-bond acceptors (Lipinski definition) is 1. The van der Waals surface area contributed by atoms with Gasteiger partial charge < -0.3 is 0 Å². The number of amides is 1. The molecule has 1 amide bonds. The normalized spacial score (nSPS) is 21.1. The smallest absolute Gasteiger partial charge is 0.266 e. The Hall–Kier alpha value is -1.51. The fourth-order valence-electron chi connectivity index (χ4n) is 2.34. The van der Waals surface area contributed by atoms with E-state index in [-0.39, 0.29) is 11.9 Å². The molecule has 0 N–H and O–H groups in total. The Labute approximate surface area is 121 Å². The van der Waals surface area contributed by atoms with E-state index >= 15 is 0 Å². The molecule has 1 fully saturated rings. The lowest BCUT2D eigenvalue weighted by atomic mass is 9.92. The van der Waals surface area contributed by atoms with Crippen molar-refractivity contribution in [1.29, 1.82) is 0 Å². The molecular weight excluding hydrogens is 281 g/mol. The summed E-state index contributed by atoms with van der Waals surface area (Å²) in [5, 5.41) is 0. The standard InChI is InChI=1S/C15H11Cl2NO/c16-15(17)13(11-7-3-1-4-8-11)18(14(15)19)12-9-5-2-6-10-12/h1-10,13H. The van der Waals surface area contributed by atoms with Crippen LogP contribution in [-0.2, 0) is 4.79 Å². The lowest BCUT2D eigenvalue weighted by Crippen LogP contribution is -2.62. The third-order valence-corrected chi connectivity index (χ3v) is 3.99. The van der Waals surface area contributed by atoms with Crippen LogP contribution < -0.4 is 4.90 Å². The van der Waals surface area contributed by atoms with Gasteiger partial charge >= 0.3 is 0 Å². The van der Waals surface area contributed by atoms with Gasteiger partial charge in [-0.3, -0.25) is 9.69 Å². The van der Waals surface area contributed by atoms with E-state index < -0.39 is 4.33 Å². The van der Waals surface area contributed by atoms with Crippen molar-refractivity contribution in [2.75, 3.05) is 4.90 Å². The fourth-order valence-corrected chi connectivity index (χ4v) is 2.97. The van der Waals surface area contributed by atoms with Gasteiger partial charge in [0.15, 0.2) is 0 Å². The zero-order valence-electron chi connectivity index (χ0n) is 9.96. The molecule has 0 aliphatic carbocycles. The highest BCUT2D eigenvalue weighted by atomic mass is 35.5. The second-order valence-corrected chi connectivity index (χ2v) is 5.83. The van der Waals surface area contributed by atoms with E-state index in [9.17, 15) is 4.79 Å². The van der Waals surface area contributed by atoms with Crippen molar-refractivity contribution in [1.82, 2.24) is 0 Å². The van der Waals surface area contributed by atoms with Gasteiger partial charge in [-0.25, -0.2) is 0 Å². The first-order valence-electron chi connectivity index (χ1n) is 5.94. The zero-order valence-corrected chi connectivity index (χ0v) is 11.5. The monoisotopic (exact) mass is 291 g/mol. The Balaban J connectivity index is 2.03. The van der Waals surface area contributed by atoms with Crippen LogP contribution in [0, 0.1) is 0 Å². The van der Waals surface area contributed by atoms with Crippen LogP contribution in [0.25, 0.3) is 0 Å². The first-order valence-corrected chi connectivity index (χ1v) is 6.69. The average Bonchev–Trinajstić information content (AvgIpc) is 2.45. The van der Waals surface area contributed by atoms with E-state index in [1.54, 1.807) is 4.90 Å². The molecule has 2 aromatic carbocycles. The van der Waals surface area contributed by atoms with Crippen molar-refractivity contribution in [3.63, 3.8) is 0 Å². The molecule has 4 heteroatoms. The van der Waals surface area contributed by atoms with Crippen molar-refractivity contribution in [2.24, 2.45) is 0 Å². The van der Waals surface area contributed by atoms with E-state index in [0.29, 0.717) is 0 Å². The maximum Gasteiger partial charge on any atom is 0.266 e.